The lowest BCUT2D eigenvalue weighted by Crippen LogP contribution is -2.19. The number of aryl methyl sites for hydroxylation is 1. The summed E-state index contributed by atoms with van der Waals surface area (Å²) in [6.45, 7) is 4.76. The fraction of sp³-hybridized carbons (Fsp3) is 0.429. The van der Waals surface area contributed by atoms with Crippen LogP contribution in [0.4, 0.5) is 10.2 Å². The normalized spacial score (nSPS) is 15.9. The first-order valence-corrected chi connectivity index (χ1v) is 11.5. The molecule has 170 valence electrons. The number of ether oxygens (including phenoxy) is 2. The molecule has 0 unspecified atom stereocenters. The first kappa shape index (κ1) is 25.1. The second-order valence-electron chi connectivity index (χ2n) is 7.24. The number of rotatable bonds is 8. The topological polar surface area (TPSA) is 94.6 Å². The molecule has 7 nitrogen and oxygen atoms in total. The van der Waals surface area contributed by atoms with E-state index in [1.54, 1.807) is 0 Å². The van der Waals surface area contributed by atoms with E-state index in [0.717, 1.165) is 6.42 Å². The van der Waals surface area contributed by atoms with Crippen molar-refractivity contribution in [3.63, 3.8) is 0 Å². The number of aromatic nitrogens is 1. The Morgan fingerprint density at radius 3 is 2.74 bits per heavy atom. The van der Waals surface area contributed by atoms with Gasteiger partial charge in [-0.15, -0.1) is 0 Å². The van der Waals surface area contributed by atoms with Crippen LogP contribution in [0.15, 0.2) is 35.2 Å². The summed E-state index contributed by atoms with van der Waals surface area (Å²) in [5.74, 6) is -0.727. The van der Waals surface area contributed by atoms with E-state index in [4.69, 9.17) is 9.47 Å². The molecular formula is C21H27FN2O5S2. The summed E-state index contributed by atoms with van der Waals surface area (Å²) < 4.78 is 50.0. The lowest BCUT2D eigenvalue weighted by Gasteiger charge is -2.14. The Balaban J connectivity index is 0.00000341. The van der Waals surface area contributed by atoms with Crippen LogP contribution in [0.2, 0.25) is 0 Å². The van der Waals surface area contributed by atoms with E-state index in [0.29, 0.717) is 26.2 Å². The molecule has 0 spiro atoms. The Bertz CT molecular complexity index is 1020. The molecule has 1 aromatic heterocycles. The quantitative estimate of drug-likeness (QED) is 0.635. The maximum atomic E-state index is 13.4. The van der Waals surface area contributed by atoms with Crippen molar-refractivity contribution in [2.24, 2.45) is 5.92 Å². The maximum absolute atomic E-state index is 13.4. The maximum Gasteiger partial charge on any atom is 0.260 e. The van der Waals surface area contributed by atoms with Crippen molar-refractivity contribution in [1.82, 2.24) is 4.98 Å². The largest absolute Gasteiger partial charge is 0.493 e. The molecule has 1 fully saturated rings. The van der Waals surface area contributed by atoms with Crippen LogP contribution in [-0.4, -0.2) is 44.9 Å². The minimum atomic E-state index is -3.60. The summed E-state index contributed by atoms with van der Waals surface area (Å²) in [5, 5.41) is 2.58. The van der Waals surface area contributed by atoms with E-state index >= 15 is 0 Å². The van der Waals surface area contributed by atoms with Gasteiger partial charge in [-0.1, -0.05) is 6.92 Å². The van der Waals surface area contributed by atoms with Gasteiger partial charge < -0.3 is 14.8 Å². The Hall–Kier alpha value is -2.17. The van der Waals surface area contributed by atoms with Crippen molar-refractivity contribution < 1.29 is 27.1 Å². The molecule has 0 bridgehead atoms. The number of nitrogens with zero attached hydrogens (tertiary/aromatic N) is 1. The van der Waals surface area contributed by atoms with Crippen LogP contribution in [0.25, 0.3) is 0 Å². The van der Waals surface area contributed by atoms with E-state index in [-0.39, 0.29) is 52.9 Å². The summed E-state index contributed by atoms with van der Waals surface area (Å²) in [6, 6.07) is 6.81. The van der Waals surface area contributed by atoms with Crippen LogP contribution in [0.3, 0.4) is 0 Å². The molecule has 1 aliphatic rings. The van der Waals surface area contributed by atoms with Crippen LogP contribution >= 0.6 is 13.5 Å². The van der Waals surface area contributed by atoms with Crippen LogP contribution in [-0.2, 0) is 14.6 Å². The molecule has 31 heavy (non-hydrogen) atoms. The molecule has 10 heteroatoms. The molecule has 2 heterocycles. The number of amides is 1. The Morgan fingerprint density at radius 1 is 1.32 bits per heavy atom. The first-order valence-electron chi connectivity index (χ1n) is 9.82. The highest BCUT2D eigenvalue weighted by atomic mass is 32.2. The zero-order chi connectivity index (χ0) is 21.7. The van der Waals surface area contributed by atoms with E-state index < -0.39 is 21.6 Å². The molecule has 0 radical (unpaired) electrons. The standard InChI is InChI=1S/C21H25FN2O5S.H2S/c1-3-9-29-19-6-4-16(30(26,27)13-15-8-10-28-12-15)11-17(19)21(25)24-20-7-5-18(22)14(2)23-20;/h4-7,11,15H,3,8-10,12-13H2,1-2H3,(H,23,24,25);1H2/t15-;/m0./s1. The number of nitrogens with one attached hydrogen (secondary N) is 1. The fourth-order valence-electron chi connectivity index (χ4n) is 3.14. The van der Waals surface area contributed by atoms with Crippen LogP contribution < -0.4 is 10.1 Å². The number of benzene rings is 1. The molecule has 1 amide bonds. The van der Waals surface area contributed by atoms with E-state index in [9.17, 15) is 17.6 Å². The number of carbonyl (C=O) groups excluding carboxylic acids is 1. The number of hydrogen-bond donors (Lipinski definition) is 1. The minimum absolute atomic E-state index is 0. The molecular weight excluding hydrogens is 443 g/mol. The van der Waals surface area contributed by atoms with Gasteiger partial charge in [0, 0.05) is 6.61 Å². The highest BCUT2D eigenvalue weighted by Gasteiger charge is 2.26. The third-order valence-electron chi connectivity index (χ3n) is 4.76. The number of sulfone groups is 1. The predicted molar refractivity (Wildman–Crippen MR) is 120 cm³/mol. The third kappa shape index (κ3) is 6.41. The number of anilines is 1. The minimum Gasteiger partial charge on any atom is -0.493 e. The molecule has 1 aliphatic heterocycles. The lowest BCUT2D eigenvalue weighted by molar-refractivity contribution is 0.102. The Kier molecular flexibility index (Phi) is 8.84. The highest BCUT2D eigenvalue weighted by molar-refractivity contribution is 7.91. The summed E-state index contributed by atoms with van der Waals surface area (Å²) in [6.07, 6.45) is 1.42. The van der Waals surface area contributed by atoms with Crippen molar-refractivity contribution in [2.45, 2.75) is 31.6 Å². The van der Waals surface area contributed by atoms with Gasteiger partial charge in [0.05, 0.1) is 35.1 Å². The molecule has 1 aromatic carbocycles. The van der Waals surface area contributed by atoms with Gasteiger partial charge in [0.25, 0.3) is 5.91 Å². The van der Waals surface area contributed by atoms with Crippen molar-refractivity contribution in [2.75, 3.05) is 30.9 Å². The van der Waals surface area contributed by atoms with Gasteiger partial charge in [-0.25, -0.2) is 17.8 Å². The molecule has 2 aromatic rings. The van der Waals surface area contributed by atoms with E-state index in [1.807, 2.05) is 6.92 Å². The van der Waals surface area contributed by atoms with Gasteiger partial charge in [-0.3, -0.25) is 4.79 Å². The van der Waals surface area contributed by atoms with Crippen molar-refractivity contribution in [3.05, 3.63) is 47.4 Å². The van der Waals surface area contributed by atoms with E-state index in [2.05, 4.69) is 10.3 Å². The van der Waals surface area contributed by atoms with E-state index in [1.165, 1.54) is 37.3 Å². The summed E-state index contributed by atoms with van der Waals surface area (Å²) in [7, 11) is -3.60. The molecule has 0 saturated carbocycles. The number of hydrogen-bond acceptors (Lipinski definition) is 6. The van der Waals surface area contributed by atoms with Gasteiger partial charge >= 0.3 is 0 Å². The molecule has 1 N–H and O–H groups in total. The zero-order valence-corrected chi connectivity index (χ0v) is 19.3. The average Bonchev–Trinajstić information content (AvgIpc) is 3.21. The van der Waals surface area contributed by atoms with Crippen LogP contribution in [0.5, 0.6) is 5.75 Å². The second-order valence-corrected chi connectivity index (χ2v) is 9.27. The zero-order valence-electron chi connectivity index (χ0n) is 17.5. The Morgan fingerprint density at radius 2 is 2.10 bits per heavy atom. The lowest BCUT2D eigenvalue weighted by atomic mass is 10.2. The van der Waals surface area contributed by atoms with Crippen LogP contribution in [0.1, 0.15) is 35.8 Å². The van der Waals surface area contributed by atoms with Gasteiger partial charge in [-0.05, 0) is 56.0 Å². The summed E-state index contributed by atoms with van der Waals surface area (Å²) >= 11 is 0. The van der Waals surface area contributed by atoms with Gasteiger partial charge in [0.15, 0.2) is 9.84 Å². The molecule has 0 aliphatic carbocycles. The van der Waals surface area contributed by atoms with Crippen molar-refractivity contribution >= 4 is 35.1 Å². The summed E-state index contributed by atoms with van der Waals surface area (Å²) in [5.41, 5.74) is 0.223. The number of pyridine rings is 1. The van der Waals surface area contributed by atoms with Crippen LogP contribution in [0, 0.1) is 18.7 Å². The highest BCUT2D eigenvalue weighted by Crippen LogP contribution is 2.27. The Labute approximate surface area is 188 Å². The van der Waals surface area contributed by atoms with Crippen molar-refractivity contribution in [1.29, 1.82) is 0 Å². The average molecular weight is 471 g/mol. The van der Waals surface area contributed by atoms with Crippen molar-refractivity contribution in [3.8, 4) is 5.75 Å². The number of halogens is 1. The second kappa shape index (κ2) is 10.9. The molecule has 3 rings (SSSR count). The van der Waals surface area contributed by atoms with Gasteiger partial charge in [0.2, 0.25) is 0 Å². The first-order chi connectivity index (χ1) is 14.3. The number of carbonyl (C=O) groups is 1. The molecule has 1 saturated heterocycles. The predicted octanol–water partition coefficient (Wildman–Crippen LogP) is 3.49. The smallest absolute Gasteiger partial charge is 0.260 e. The van der Waals surface area contributed by atoms with Gasteiger partial charge in [-0.2, -0.15) is 13.5 Å². The van der Waals surface area contributed by atoms with Gasteiger partial charge in [0.1, 0.15) is 17.4 Å². The SMILES string of the molecule is CCCOc1ccc(S(=O)(=O)C[C@H]2CCOC2)cc1C(=O)Nc1ccc(F)c(C)n1.S. The third-order valence-corrected chi connectivity index (χ3v) is 6.64. The summed E-state index contributed by atoms with van der Waals surface area (Å²) in [4.78, 5) is 16.9. The molecule has 1 atom stereocenters. The fourth-order valence-corrected chi connectivity index (χ4v) is 4.79. The monoisotopic (exact) mass is 470 g/mol.